The third kappa shape index (κ3) is 4.20. The Morgan fingerprint density at radius 1 is 1.37 bits per heavy atom. The minimum Gasteiger partial charge on any atom is -0.496 e. The molecule has 0 bridgehead atoms. The molecule has 1 aromatic carbocycles. The molecule has 0 amide bonds. The summed E-state index contributed by atoms with van der Waals surface area (Å²) in [6.07, 6.45) is 0. The van der Waals surface area contributed by atoms with Crippen LogP contribution in [-0.2, 0) is 5.54 Å². The first-order chi connectivity index (χ1) is 8.92. The average Bonchev–Trinajstić information content (AvgIpc) is 2.38. The topological polar surface area (TPSA) is 44.7 Å². The number of aliphatic hydroxyl groups is 1. The zero-order valence-corrected chi connectivity index (χ0v) is 12.7. The Balaban J connectivity index is 2.96. The van der Waals surface area contributed by atoms with Gasteiger partial charge in [-0.2, -0.15) is 0 Å². The van der Waals surface area contributed by atoms with Crippen molar-refractivity contribution in [1.29, 1.82) is 0 Å². The molecule has 19 heavy (non-hydrogen) atoms. The second-order valence-corrected chi connectivity index (χ2v) is 5.42. The summed E-state index contributed by atoms with van der Waals surface area (Å²) in [7, 11) is 5.72. The molecule has 1 aromatic rings. The Morgan fingerprint density at radius 3 is 2.58 bits per heavy atom. The van der Waals surface area contributed by atoms with E-state index >= 15 is 0 Å². The third-order valence-electron chi connectivity index (χ3n) is 3.34. The van der Waals surface area contributed by atoms with Gasteiger partial charge in [0.15, 0.2) is 0 Å². The maximum atomic E-state index is 9.78. The minimum atomic E-state index is -0.493. The summed E-state index contributed by atoms with van der Waals surface area (Å²) >= 11 is 0. The monoisotopic (exact) mass is 266 g/mol. The second kappa shape index (κ2) is 6.89. The second-order valence-electron chi connectivity index (χ2n) is 5.42. The van der Waals surface area contributed by atoms with Crippen LogP contribution in [0.4, 0.5) is 0 Å². The van der Waals surface area contributed by atoms with Crippen molar-refractivity contribution >= 4 is 0 Å². The Labute approximate surface area is 116 Å². The highest BCUT2D eigenvalue weighted by Crippen LogP contribution is 2.30. The lowest BCUT2D eigenvalue weighted by Crippen LogP contribution is -2.45. The van der Waals surface area contributed by atoms with Crippen LogP contribution in [0, 0.1) is 6.92 Å². The lowest BCUT2D eigenvalue weighted by Gasteiger charge is -2.31. The number of likely N-dealkylation sites (N-methyl/N-ethyl adjacent to an activating group) is 1. The molecule has 4 nitrogen and oxygen atoms in total. The van der Waals surface area contributed by atoms with Gasteiger partial charge >= 0.3 is 0 Å². The molecule has 0 saturated carbocycles. The average molecular weight is 266 g/mol. The minimum absolute atomic E-state index is 0.0280. The molecular weight excluding hydrogens is 240 g/mol. The van der Waals surface area contributed by atoms with Crippen LogP contribution < -0.4 is 10.1 Å². The maximum Gasteiger partial charge on any atom is 0.124 e. The molecule has 1 unspecified atom stereocenters. The third-order valence-corrected chi connectivity index (χ3v) is 3.34. The Bertz CT molecular complexity index is 407. The van der Waals surface area contributed by atoms with E-state index in [9.17, 15) is 5.11 Å². The van der Waals surface area contributed by atoms with Crippen LogP contribution in [0.5, 0.6) is 5.75 Å². The normalized spacial score (nSPS) is 14.5. The van der Waals surface area contributed by atoms with Crippen LogP contribution >= 0.6 is 0 Å². The largest absolute Gasteiger partial charge is 0.496 e. The molecular formula is C15H26N2O2. The molecule has 1 atom stereocenters. The van der Waals surface area contributed by atoms with Crippen molar-refractivity contribution < 1.29 is 9.84 Å². The van der Waals surface area contributed by atoms with Crippen LogP contribution in [0.15, 0.2) is 18.2 Å². The van der Waals surface area contributed by atoms with E-state index in [1.54, 1.807) is 7.11 Å². The predicted molar refractivity (Wildman–Crippen MR) is 78.7 cm³/mol. The first-order valence-corrected chi connectivity index (χ1v) is 6.58. The smallest absolute Gasteiger partial charge is 0.124 e. The van der Waals surface area contributed by atoms with Gasteiger partial charge in [0.2, 0.25) is 0 Å². The summed E-state index contributed by atoms with van der Waals surface area (Å²) in [5.41, 5.74) is 1.66. The standard InChI is InChI=1S/C15H26N2O2/c1-12-6-7-14(19-5)13(10-12)15(2,11-18)16-8-9-17(3)4/h6-7,10,16,18H,8-9,11H2,1-5H3. The van der Waals surface area contributed by atoms with Gasteiger partial charge in [-0.05, 0) is 34.0 Å². The van der Waals surface area contributed by atoms with Gasteiger partial charge in [-0.15, -0.1) is 0 Å². The van der Waals surface area contributed by atoms with Crippen molar-refractivity contribution in [3.8, 4) is 5.75 Å². The van der Waals surface area contributed by atoms with Gasteiger partial charge in [-0.3, -0.25) is 0 Å². The van der Waals surface area contributed by atoms with Crippen molar-refractivity contribution in [3.63, 3.8) is 0 Å². The fourth-order valence-corrected chi connectivity index (χ4v) is 2.04. The highest BCUT2D eigenvalue weighted by Gasteiger charge is 2.28. The van der Waals surface area contributed by atoms with Gasteiger partial charge in [0.25, 0.3) is 0 Å². The zero-order chi connectivity index (χ0) is 14.5. The SMILES string of the molecule is COc1ccc(C)cc1C(C)(CO)NCCN(C)C. The summed E-state index contributed by atoms with van der Waals surface area (Å²) in [5, 5.41) is 13.2. The van der Waals surface area contributed by atoms with Crippen molar-refractivity contribution in [2.75, 3.05) is 40.9 Å². The van der Waals surface area contributed by atoms with Gasteiger partial charge in [-0.25, -0.2) is 0 Å². The Hall–Kier alpha value is -1.10. The number of hydrogen-bond acceptors (Lipinski definition) is 4. The van der Waals surface area contributed by atoms with Gasteiger partial charge < -0.3 is 20.1 Å². The number of methoxy groups -OCH3 is 1. The van der Waals surface area contributed by atoms with Gasteiger partial charge in [0.05, 0.1) is 19.3 Å². The molecule has 0 fully saturated rings. The first-order valence-electron chi connectivity index (χ1n) is 6.58. The summed E-state index contributed by atoms with van der Waals surface area (Å²) in [6, 6.07) is 6.03. The van der Waals surface area contributed by atoms with Crippen LogP contribution in [0.1, 0.15) is 18.1 Å². The highest BCUT2D eigenvalue weighted by molar-refractivity contribution is 5.41. The van der Waals surface area contributed by atoms with E-state index in [0.29, 0.717) is 0 Å². The van der Waals surface area contributed by atoms with E-state index in [-0.39, 0.29) is 6.61 Å². The number of rotatable bonds is 7. The summed E-state index contributed by atoms with van der Waals surface area (Å²) < 4.78 is 5.41. The first kappa shape index (κ1) is 16.0. The van der Waals surface area contributed by atoms with Crippen LogP contribution in [0.3, 0.4) is 0 Å². The number of benzene rings is 1. The molecule has 0 aliphatic carbocycles. The lowest BCUT2D eigenvalue weighted by molar-refractivity contribution is 0.168. The number of ether oxygens (including phenoxy) is 1. The molecule has 2 N–H and O–H groups in total. The van der Waals surface area contributed by atoms with E-state index in [4.69, 9.17) is 4.74 Å². The quantitative estimate of drug-likeness (QED) is 0.782. The van der Waals surface area contributed by atoms with E-state index in [1.165, 1.54) is 0 Å². The number of hydrogen-bond donors (Lipinski definition) is 2. The molecule has 4 heteroatoms. The van der Waals surface area contributed by atoms with Gasteiger partial charge in [-0.1, -0.05) is 17.7 Å². The Kier molecular flexibility index (Phi) is 5.79. The van der Waals surface area contributed by atoms with E-state index in [0.717, 1.165) is 30.0 Å². The molecule has 1 rings (SSSR count). The Morgan fingerprint density at radius 2 is 2.05 bits per heavy atom. The zero-order valence-electron chi connectivity index (χ0n) is 12.7. The van der Waals surface area contributed by atoms with Crippen molar-refractivity contribution in [2.24, 2.45) is 0 Å². The summed E-state index contributed by atoms with van der Waals surface area (Å²) in [6.45, 7) is 5.80. The lowest BCUT2D eigenvalue weighted by atomic mass is 9.90. The van der Waals surface area contributed by atoms with Crippen molar-refractivity contribution in [1.82, 2.24) is 10.2 Å². The van der Waals surface area contributed by atoms with Gasteiger partial charge in [0, 0.05) is 18.7 Å². The fourth-order valence-electron chi connectivity index (χ4n) is 2.04. The predicted octanol–water partition coefficient (Wildman–Crippen LogP) is 1.36. The maximum absolute atomic E-state index is 9.78. The molecule has 0 spiro atoms. The van der Waals surface area contributed by atoms with E-state index < -0.39 is 5.54 Å². The van der Waals surface area contributed by atoms with Crippen molar-refractivity contribution in [2.45, 2.75) is 19.4 Å². The number of aliphatic hydroxyl groups excluding tert-OH is 1. The fraction of sp³-hybridized carbons (Fsp3) is 0.600. The number of nitrogens with zero attached hydrogens (tertiary/aromatic N) is 1. The molecule has 0 aliphatic heterocycles. The van der Waals surface area contributed by atoms with Crippen molar-refractivity contribution in [3.05, 3.63) is 29.3 Å². The number of aryl methyl sites for hydroxylation is 1. The number of nitrogens with one attached hydrogen (secondary N) is 1. The molecule has 108 valence electrons. The molecule has 0 heterocycles. The van der Waals surface area contributed by atoms with Gasteiger partial charge in [0.1, 0.15) is 5.75 Å². The summed E-state index contributed by atoms with van der Waals surface area (Å²) in [4.78, 5) is 2.11. The molecule has 0 aliphatic rings. The molecule has 0 radical (unpaired) electrons. The van der Waals surface area contributed by atoms with Crippen LogP contribution in [-0.4, -0.2) is 50.9 Å². The van der Waals surface area contributed by atoms with Crippen LogP contribution in [0.2, 0.25) is 0 Å². The van der Waals surface area contributed by atoms with E-state index in [1.807, 2.05) is 40.1 Å². The van der Waals surface area contributed by atoms with Crippen LogP contribution in [0.25, 0.3) is 0 Å². The molecule has 0 aromatic heterocycles. The highest BCUT2D eigenvalue weighted by atomic mass is 16.5. The van der Waals surface area contributed by atoms with E-state index in [2.05, 4.69) is 16.3 Å². The summed E-state index contributed by atoms with van der Waals surface area (Å²) in [5.74, 6) is 0.805. The molecule has 0 saturated heterocycles.